The van der Waals surface area contributed by atoms with E-state index in [0.29, 0.717) is 25.4 Å². The first-order chi connectivity index (χ1) is 11.7. The number of hydrogen-bond acceptors (Lipinski definition) is 5. The lowest BCUT2D eigenvalue weighted by molar-refractivity contribution is 0.0687. The average molecular weight is 329 g/mol. The molecule has 2 aliphatic heterocycles. The lowest BCUT2D eigenvalue weighted by Gasteiger charge is -2.32. The Morgan fingerprint density at radius 3 is 2.92 bits per heavy atom. The second kappa shape index (κ2) is 6.10. The summed E-state index contributed by atoms with van der Waals surface area (Å²) >= 11 is 0. The van der Waals surface area contributed by atoms with E-state index in [4.69, 9.17) is 4.74 Å². The van der Waals surface area contributed by atoms with Crippen LogP contribution in [0.1, 0.15) is 41.4 Å². The Bertz CT molecular complexity index is 804. The number of pyridine rings is 1. The van der Waals surface area contributed by atoms with Crippen molar-refractivity contribution in [3.05, 3.63) is 40.3 Å². The van der Waals surface area contributed by atoms with E-state index in [1.54, 1.807) is 15.7 Å². The van der Waals surface area contributed by atoms with Gasteiger partial charge in [0.05, 0.1) is 12.8 Å². The van der Waals surface area contributed by atoms with Gasteiger partial charge < -0.3 is 9.64 Å². The minimum Gasteiger partial charge on any atom is -0.492 e. The number of H-pyrrole nitrogens is 1. The highest BCUT2D eigenvalue weighted by molar-refractivity contribution is 5.92. The van der Waals surface area contributed by atoms with E-state index in [2.05, 4.69) is 15.2 Å². The second-order valence-corrected chi connectivity index (χ2v) is 6.22. The normalized spacial score (nSPS) is 18.1. The highest BCUT2D eigenvalue weighted by Crippen LogP contribution is 2.26. The average Bonchev–Trinajstić information content (AvgIpc) is 3.07. The molecule has 1 N–H and O–H groups in total. The van der Waals surface area contributed by atoms with Gasteiger partial charge in [0.1, 0.15) is 17.8 Å². The van der Waals surface area contributed by atoms with Crippen molar-refractivity contribution >= 4 is 5.91 Å². The van der Waals surface area contributed by atoms with Gasteiger partial charge in [0.15, 0.2) is 0 Å². The summed E-state index contributed by atoms with van der Waals surface area (Å²) in [6, 6.07) is 1.94. The fraction of sp³-hybridized carbons (Fsp3) is 0.500. The molecule has 24 heavy (non-hydrogen) atoms. The number of carbonyl (C=O) groups excluding carboxylic acids is 1. The zero-order valence-electron chi connectivity index (χ0n) is 13.3. The van der Waals surface area contributed by atoms with Crippen molar-refractivity contribution in [3.63, 3.8) is 0 Å². The molecule has 4 heterocycles. The van der Waals surface area contributed by atoms with Crippen LogP contribution in [0.3, 0.4) is 0 Å². The standard InChI is InChI=1S/C16H19N5O3/c22-15(13-8-11-2-1-7-24-14(11)9-17-13)20-5-3-12(4-6-20)21-10-18-19-16(21)23/h8-10,12H,1-7H2,(H,19,23). The number of likely N-dealkylation sites (tertiary alicyclic amines) is 1. The van der Waals surface area contributed by atoms with E-state index < -0.39 is 0 Å². The minimum atomic E-state index is -0.198. The van der Waals surface area contributed by atoms with Crippen molar-refractivity contribution in [2.24, 2.45) is 0 Å². The number of amides is 1. The summed E-state index contributed by atoms with van der Waals surface area (Å²) in [4.78, 5) is 30.4. The van der Waals surface area contributed by atoms with Gasteiger partial charge in [-0.3, -0.25) is 9.36 Å². The molecule has 0 aliphatic carbocycles. The Morgan fingerprint density at radius 1 is 1.33 bits per heavy atom. The van der Waals surface area contributed by atoms with Crippen LogP contribution < -0.4 is 10.4 Å². The number of aromatic amines is 1. The van der Waals surface area contributed by atoms with Crippen LogP contribution in [0.4, 0.5) is 0 Å². The van der Waals surface area contributed by atoms with Crippen molar-refractivity contribution in [1.82, 2.24) is 24.6 Å². The first-order valence-electron chi connectivity index (χ1n) is 8.25. The summed E-state index contributed by atoms with van der Waals surface area (Å²) in [7, 11) is 0. The van der Waals surface area contributed by atoms with Crippen LogP contribution >= 0.6 is 0 Å². The molecule has 0 radical (unpaired) electrons. The number of nitrogens with one attached hydrogen (secondary N) is 1. The molecule has 8 nitrogen and oxygen atoms in total. The monoisotopic (exact) mass is 329 g/mol. The number of rotatable bonds is 2. The molecular formula is C16H19N5O3. The zero-order chi connectivity index (χ0) is 16.5. The predicted molar refractivity (Wildman–Crippen MR) is 85.1 cm³/mol. The number of fused-ring (bicyclic) bond motifs is 1. The van der Waals surface area contributed by atoms with Crippen LogP contribution in [0.15, 0.2) is 23.4 Å². The molecular weight excluding hydrogens is 310 g/mol. The smallest absolute Gasteiger partial charge is 0.343 e. The summed E-state index contributed by atoms with van der Waals surface area (Å²) in [6.45, 7) is 1.93. The minimum absolute atomic E-state index is 0.0543. The fourth-order valence-corrected chi connectivity index (χ4v) is 3.40. The molecule has 4 rings (SSSR count). The second-order valence-electron chi connectivity index (χ2n) is 6.22. The number of nitrogens with zero attached hydrogens (tertiary/aromatic N) is 4. The Kier molecular flexibility index (Phi) is 3.79. The van der Waals surface area contributed by atoms with E-state index in [-0.39, 0.29) is 17.6 Å². The first kappa shape index (κ1) is 14.9. The Labute approximate surface area is 138 Å². The zero-order valence-corrected chi connectivity index (χ0v) is 13.3. The van der Waals surface area contributed by atoms with Crippen LogP contribution in [0.2, 0.25) is 0 Å². The number of piperidine rings is 1. The topological polar surface area (TPSA) is 93.1 Å². The van der Waals surface area contributed by atoms with Crippen molar-refractivity contribution in [2.75, 3.05) is 19.7 Å². The lowest BCUT2D eigenvalue weighted by Crippen LogP contribution is -2.40. The van der Waals surface area contributed by atoms with Crippen molar-refractivity contribution < 1.29 is 9.53 Å². The molecule has 1 amide bonds. The number of aromatic nitrogens is 4. The lowest BCUT2D eigenvalue weighted by atomic mass is 10.0. The number of aryl methyl sites for hydroxylation is 1. The predicted octanol–water partition coefficient (Wildman–Crippen LogP) is 0.769. The quantitative estimate of drug-likeness (QED) is 0.878. The Morgan fingerprint density at radius 2 is 2.17 bits per heavy atom. The molecule has 2 aliphatic rings. The van der Waals surface area contributed by atoms with E-state index >= 15 is 0 Å². The molecule has 0 saturated carbocycles. The van der Waals surface area contributed by atoms with E-state index in [9.17, 15) is 9.59 Å². The largest absolute Gasteiger partial charge is 0.492 e. The highest BCUT2D eigenvalue weighted by atomic mass is 16.5. The molecule has 0 unspecified atom stereocenters. The highest BCUT2D eigenvalue weighted by Gasteiger charge is 2.26. The van der Waals surface area contributed by atoms with Gasteiger partial charge in [0, 0.05) is 19.1 Å². The van der Waals surface area contributed by atoms with Gasteiger partial charge >= 0.3 is 5.69 Å². The molecule has 0 aromatic carbocycles. The number of carbonyl (C=O) groups is 1. The van der Waals surface area contributed by atoms with Gasteiger partial charge in [-0.05, 0) is 37.3 Å². The summed E-state index contributed by atoms with van der Waals surface area (Å²) in [5.74, 6) is 0.734. The maximum Gasteiger partial charge on any atom is 0.343 e. The maximum atomic E-state index is 12.7. The third-order valence-corrected chi connectivity index (χ3v) is 4.74. The number of ether oxygens (including phenoxy) is 1. The van der Waals surface area contributed by atoms with Crippen LogP contribution in [0.5, 0.6) is 5.75 Å². The first-order valence-corrected chi connectivity index (χ1v) is 8.25. The van der Waals surface area contributed by atoms with Crippen molar-refractivity contribution in [1.29, 1.82) is 0 Å². The van der Waals surface area contributed by atoms with Crippen LogP contribution in [0, 0.1) is 0 Å². The van der Waals surface area contributed by atoms with Gasteiger partial charge in [-0.1, -0.05) is 0 Å². The molecule has 8 heteroatoms. The van der Waals surface area contributed by atoms with Gasteiger partial charge in [-0.2, -0.15) is 5.10 Å². The molecule has 1 saturated heterocycles. The molecule has 126 valence electrons. The Balaban J connectivity index is 1.45. The van der Waals surface area contributed by atoms with E-state index in [1.165, 1.54) is 6.33 Å². The van der Waals surface area contributed by atoms with Crippen molar-refractivity contribution in [3.8, 4) is 5.75 Å². The van der Waals surface area contributed by atoms with Crippen LogP contribution in [-0.2, 0) is 6.42 Å². The SMILES string of the molecule is O=C(c1cc2c(cn1)OCCC2)N1CCC(n2cn[nH]c2=O)CC1. The molecule has 2 aromatic heterocycles. The summed E-state index contributed by atoms with van der Waals surface area (Å²) in [6.07, 6.45) is 6.53. The van der Waals surface area contributed by atoms with Gasteiger partial charge in [0.25, 0.3) is 5.91 Å². The number of hydrogen-bond donors (Lipinski definition) is 1. The van der Waals surface area contributed by atoms with E-state index in [1.807, 2.05) is 6.07 Å². The van der Waals surface area contributed by atoms with Crippen LogP contribution in [0.25, 0.3) is 0 Å². The van der Waals surface area contributed by atoms with E-state index in [0.717, 1.165) is 37.0 Å². The molecule has 2 aromatic rings. The fourth-order valence-electron chi connectivity index (χ4n) is 3.40. The van der Waals surface area contributed by atoms with Gasteiger partial charge in [0.2, 0.25) is 0 Å². The van der Waals surface area contributed by atoms with Crippen molar-refractivity contribution in [2.45, 2.75) is 31.7 Å². The van der Waals surface area contributed by atoms with Gasteiger partial charge in [-0.15, -0.1) is 0 Å². The van der Waals surface area contributed by atoms with Crippen LogP contribution in [-0.4, -0.2) is 50.3 Å². The van der Waals surface area contributed by atoms with Gasteiger partial charge in [-0.25, -0.2) is 14.9 Å². The molecule has 0 bridgehead atoms. The maximum absolute atomic E-state index is 12.7. The molecule has 1 fully saturated rings. The Hall–Kier alpha value is -2.64. The summed E-state index contributed by atoms with van der Waals surface area (Å²) < 4.78 is 7.15. The summed E-state index contributed by atoms with van der Waals surface area (Å²) in [5.41, 5.74) is 1.33. The summed E-state index contributed by atoms with van der Waals surface area (Å²) in [5, 5.41) is 6.17. The third-order valence-electron chi connectivity index (χ3n) is 4.74. The molecule has 0 spiro atoms. The molecule has 0 atom stereocenters. The third kappa shape index (κ3) is 2.68.